The number of hydrogen-bond acceptors (Lipinski definition) is 6. The third-order valence-electron chi connectivity index (χ3n) is 3.24. The van der Waals surface area contributed by atoms with Crippen molar-refractivity contribution in [3.63, 3.8) is 0 Å². The molecule has 0 radical (unpaired) electrons. The first-order chi connectivity index (χ1) is 11.4. The Morgan fingerprint density at radius 2 is 1.75 bits per heavy atom. The number of esters is 1. The monoisotopic (exact) mass is 349 g/mol. The number of rotatable bonds is 6. The maximum absolute atomic E-state index is 12.3. The minimum absolute atomic E-state index is 0.338. The first-order valence-electron chi connectivity index (χ1n) is 7.25. The summed E-state index contributed by atoms with van der Waals surface area (Å²) in [5, 5.41) is 3.17. The van der Waals surface area contributed by atoms with E-state index in [1.165, 1.54) is 18.4 Å². The molecule has 1 atom stereocenters. The zero-order chi connectivity index (χ0) is 17.7. The number of amides is 1. The fourth-order valence-corrected chi connectivity index (χ4v) is 2.90. The average Bonchev–Trinajstić information content (AvgIpc) is 2.95. The molecule has 0 bridgehead atoms. The number of carbonyl (C=O) groups is 2. The Morgan fingerprint density at radius 3 is 2.33 bits per heavy atom. The number of methoxy groups -OCH3 is 2. The van der Waals surface area contributed by atoms with Gasteiger partial charge in [0.1, 0.15) is 16.5 Å². The largest absolute Gasteiger partial charge is 0.497 e. The molecule has 7 heteroatoms. The van der Waals surface area contributed by atoms with Crippen molar-refractivity contribution < 1.29 is 23.8 Å². The van der Waals surface area contributed by atoms with Gasteiger partial charge in [-0.05, 0) is 44.2 Å². The predicted octanol–water partition coefficient (Wildman–Crippen LogP) is 3.26. The molecule has 0 saturated heterocycles. The van der Waals surface area contributed by atoms with E-state index in [2.05, 4.69) is 5.32 Å². The minimum atomic E-state index is -0.730. The summed E-state index contributed by atoms with van der Waals surface area (Å²) in [5.74, 6) is 0.418. The van der Waals surface area contributed by atoms with E-state index in [4.69, 9.17) is 14.2 Å². The predicted molar refractivity (Wildman–Crippen MR) is 92.1 cm³/mol. The van der Waals surface area contributed by atoms with E-state index in [9.17, 15) is 9.59 Å². The van der Waals surface area contributed by atoms with Gasteiger partial charge in [-0.15, -0.1) is 11.3 Å². The van der Waals surface area contributed by atoms with Gasteiger partial charge in [0, 0.05) is 4.88 Å². The molecule has 1 amide bonds. The normalized spacial score (nSPS) is 11.5. The highest BCUT2D eigenvalue weighted by molar-refractivity contribution is 7.16. The van der Waals surface area contributed by atoms with Gasteiger partial charge in [-0.2, -0.15) is 0 Å². The molecule has 0 spiro atoms. The molecular weight excluding hydrogens is 330 g/mol. The van der Waals surface area contributed by atoms with Crippen LogP contribution in [0.15, 0.2) is 30.3 Å². The van der Waals surface area contributed by atoms with E-state index in [1.807, 2.05) is 6.92 Å². The van der Waals surface area contributed by atoms with Crippen LogP contribution in [0.3, 0.4) is 0 Å². The van der Waals surface area contributed by atoms with Gasteiger partial charge in [-0.25, -0.2) is 4.79 Å². The van der Waals surface area contributed by atoms with Crippen molar-refractivity contribution >= 4 is 28.2 Å². The van der Waals surface area contributed by atoms with Gasteiger partial charge >= 0.3 is 5.97 Å². The maximum atomic E-state index is 12.3. The first kappa shape index (κ1) is 17.8. The number of carbonyl (C=O) groups excluding carboxylic acids is 2. The van der Waals surface area contributed by atoms with Crippen molar-refractivity contribution in [2.45, 2.75) is 20.0 Å². The highest BCUT2D eigenvalue weighted by Gasteiger charge is 2.21. The van der Waals surface area contributed by atoms with Gasteiger partial charge in [0.25, 0.3) is 5.91 Å². The van der Waals surface area contributed by atoms with E-state index in [1.54, 1.807) is 44.4 Å². The van der Waals surface area contributed by atoms with Crippen molar-refractivity contribution in [3.8, 4) is 11.5 Å². The fraction of sp³-hybridized carbons (Fsp3) is 0.294. The van der Waals surface area contributed by atoms with Crippen LogP contribution in [-0.2, 0) is 9.53 Å². The number of hydrogen-bond donors (Lipinski definition) is 1. The minimum Gasteiger partial charge on any atom is -0.497 e. The Balaban J connectivity index is 2.04. The highest BCUT2D eigenvalue weighted by Crippen LogP contribution is 2.28. The van der Waals surface area contributed by atoms with Gasteiger partial charge in [-0.1, -0.05) is 0 Å². The maximum Gasteiger partial charge on any atom is 0.340 e. The second-order valence-electron chi connectivity index (χ2n) is 5.02. The Bertz CT molecular complexity index is 723. The standard InChI is InChI=1S/C17H19NO5S/c1-10-9-14(17(20)22-4)16(24-10)18-15(19)11(2)23-13-7-5-12(21-3)6-8-13/h5-9,11H,1-4H3,(H,18,19). The molecule has 1 aromatic heterocycles. The third kappa shape index (κ3) is 4.26. The zero-order valence-corrected chi connectivity index (χ0v) is 14.7. The average molecular weight is 349 g/mol. The molecule has 0 aliphatic rings. The SMILES string of the molecule is COC(=O)c1cc(C)sc1NC(=O)C(C)Oc1ccc(OC)cc1. The zero-order valence-electron chi connectivity index (χ0n) is 13.9. The van der Waals surface area contributed by atoms with Crippen LogP contribution >= 0.6 is 11.3 Å². The summed E-state index contributed by atoms with van der Waals surface area (Å²) < 4.78 is 15.4. The lowest BCUT2D eigenvalue weighted by atomic mass is 10.3. The van der Waals surface area contributed by atoms with Gasteiger partial charge in [-0.3, -0.25) is 4.79 Å². The highest BCUT2D eigenvalue weighted by atomic mass is 32.1. The van der Waals surface area contributed by atoms with E-state index < -0.39 is 12.1 Å². The van der Waals surface area contributed by atoms with Crippen molar-refractivity contribution in [1.82, 2.24) is 0 Å². The second kappa shape index (κ2) is 7.83. The van der Waals surface area contributed by atoms with E-state index in [0.29, 0.717) is 22.1 Å². The van der Waals surface area contributed by atoms with Crippen LogP contribution in [0.2, 0.25) is 0 Å². The Hall–Kier alpha value is -2.54. The van der Waals surface area contributed by atoms with Crippen molar-refractivity contribution in [1.29, 1.82) is 0 Å². The van der Waals surface area contributed by atoms with E-state index in [-0.39, 0.29) is 5.91 Å². The van der Waals surface area contributed by atoms with E-state index in [0.717, 1.165) is 4.88 Å². The molecule has 2 rings (SSSR count). The molecule has 1 unspecified atom stereocenters. The van der Waals surface area contributed by atoms with Crippen LogP contribution in [0.25, 0.3) is 0 Å². The summed E-state index contributed by atoms with van der Waals surface area (Å²) in [5.41, 5.74) is 0.338. The van der Waals surface area contributed by atoms with Crippen LogP contribution < -0.4 is 14.8 Å². The number of benzene rings is 1. The van der Waals surface area contributed by atoms with Crippen molar-refractivity contribution in [2.75, 3.05) is 19.5 Å². The number of thiophene rings is 1. The molecule has 0 aliphatic carbocycles. The lowest BCUT2D eigenvalue weighted by Crippen LogP contribution is -2.30. The third-order valence-corrected chi connectivity index (χ3v) is 4.20. The molecule has 0 fully saturated rings. The molecule has 2 aromatic rings. The molecule has 0 aliphatic heterocycles. The van der Waals surface area contributed by atoms with Gasteiger partial charge in [0.15, 0.2) is 6.10 Å². The van der Waals surface area contributed by atoms with Crippen LogP contribution in [0.4, 0.5) is 5.00 Å². The molecule has 24 heavy (non-hydrogen) atoms. The molecule has 1 aromatic carbocycles. The summed E-state index contributed by atoms with van der Waals surface area (Å²) in [4.78, 5) is 24.9. The van der Waals surface area contributed by atoms with Crippen LogP contribution in [-0.4, -0.2) is 32.2 Å². The summed E-state index contributed by atoms with van der Waals surface area (Å²) in [6.45, 7) is 3.49. The summed E-state index contributed by atoms with van der Waals surface area (Å²) in [6.07, 6.45) is -0.730. The summed E-state index contributed by atoms with van der Waals surface area (Å²) in [7, 11) is 2.88. The van der Waals surface area contributed by atoms with Crippen LogP contribution in [0.1, 0.15) is 22.2 Å². The van der Waals surface area contributed by atoms with E-state index >= 15 is 0 Å². The summed E-state index contributed by atoms with van der Waals surface area (Å²) in [6, 6.07) is 8.62. The lowest BCUT2D eigenvalue weighted by Gasteiger charge is -2.14. The molecule has 1 N–H and O–H groups in total. The van der Waals surface area contributed by atoms with Gasteiger partial charge < -0.3 is 19.5 Å². The Morgan fingerprint density at radius 1 is 1.12 bits per heavy atom. The molecular formula is C17H19NO5S. The topological polar surface area (TPSA) is 73.9 Å². The second-order valence-corrected chi connectivity index (χ2v) is 6.27. The molecule has 128 valence electrons. The fourth-order valence-electron chi connectivity index (χ4n) is 1.99. The Kier molecular flexibility index (Phi) is 5.81. The van der Waals surface area contributed by atoms with Crippen molar-refractivity contribution in [2.24, 2.45) is 0 Å². The number of anilines is 1. The summed E-state index contributed by atoms with van der Waals surface area (Å²) >= 11 is 1.31. The van der Waals surface area contributed by atoms with Crippen LogP contribution in [0.5, 0.6) is 11.5 Å². The number of nitrogens with one attached hydrogen (secondary N) is 1. The molecule has 1 heterocycles. The lowest BCUT2D eigenvalue weighted by molar-refractivity contribution is -0.122. The smallest absolute Gasteiger partial charge is 0.340 e. The van der Waals surface area contributed by atoms with Gasteiger partial charge in [0.05, 0.1) is 19.8 Å². The first-order valence-corrected chi connectivity index (χ1v) is 8.06. The quantitative estimate of drug-likeness (QED) is 0.810. The van der Waals surface area contributed by atoms with Gasteiger partial charge in [0.2, 0.25) is 0 Å². The number of aryl methyl sites for hydroxylation is 1. The molecule has 0 saturated carbocycles. The number of ether oxygens (including phenoxy) is 3. The van der Waals surface area contributed by atoms with Crippen LogP contribution in [0, 0.1) is 6.92 Å². The molecule has 6 nitrogen and oxygen atoms in total. The Labute approximate surface area is 144 Å². The van der Waals surface area contributed by atoms with Crippen molar-refractivity contribution in [3.05, 3.63) is 40.8 Å².